The monoisotopic (exact) mass is 266 g/mol. The van der Waals surface area contributed by atoms with Crippen LogP contribution in [-0.2, 0) is 0 Å². The number of anilines is 1. The fraction of sp³-hybridized carbons (Fsp3) is 0.625. The molecule has 0 radical (unpaired) electrons. The molecular formula is C16H27FN2. The molecule has 0 saturated heterocycles. The average Bonchev–Trinajstić information content (AvgIpc) is 2.37. The normalized spacial score (nSPS) is 14.5. The molecule has 0 fully saturated rings. The van der Waals surface area contributed by atoms with Crippen LogP contribution >= 0.6 is 0 Å². The highest BCUT2D eigenvalue weighted by Crippen LogP contribution is 2.26. The summed E-state index contributed by atoms with van der Waals surface area (Å²) in [5, 5.41) is 3.49. The summed E-state index contributed by atoms with van der Waals surface area (Å²) < 4.78 is 13.8. The molecule has 0 aromatic heterocycles. The highest BCUT2D eigenvalue weighted by Gasteiger charge is 2.25. The smallest absolute Gasteiger partial charge is 0.146 e. The lowest BCUT2D eigenvalue weighted by atomic mass is 9.86. The molecule has 1 rings (SSSR count). The van der Waals surface area contributed by atoms with E-state index in [1.807, 2.05) is 24.1 Å². The van der Waals surface area contributed by atoms with E-state index in [0.29, 0.717) is 11.7 Å². The van der Waals surface area contributed by atoms with Crippen LogP contribution in [0.3, 0.4) is 0 Å². The Hall–Kier alpha value is -1.09. The lowest BCUT2D eigenvalue weighted by Gasteiger charge is -2.35. The van der Waals surface area contributed by atoms with Gasteiger partial charge in [-0.25, -0.2) is 4.39 Å². The van der Waals surface area contributed by atoms with Crippen molar-refractivity contribution in [3.8, 4) is 0 Å². The quantitative estimate of drug-likeness (QED) is 0.810. The fourth-order valence-electron chi connectivity index (χ4n) is 2.16. The summed E-state index contributed by atoms with van der Waals surface area (Å²) in [4.78, 5) is 2.01. The number of hydrogen-bond donors (Lipinski definition) is 1. The topological polar surface area (TPSA) is 15.3 Å². The van der Waals surface area contributed by atoms with Crippen molar-refractivity contribution in [2.24, 2.45) is 5.41 Å². The highest BCUT2D eigenvalue weighted by molar-refractivity contribution is 5.46. The molecule has 0 amide bonds. The van der Waals surface area contributed by atoms with Gasteiger partial charge in [-0.2, -0.15) is 0 Å². The van der Waals surface area contributed by atoms with Crippen molar-refractivity contribution in [1.29, 1.82) is 0 Å². The molecule has 2 nitrogen and oxygen atoms in total. The Morgan fingerprint density at radius 3 is 2.47 bits per heavy atom. The number of hydrogen-bond acceptors (Lipinski definition) is 2. The van der Waals surface area contributed by atoms with Crippen molar-refractivity contribution >= 4 is 5.69 Å². The molecular weight excluding hydrogens is 239 g/mol. The third-order valence-electron chi connectivity index (χ3n) is 3.67. The van der Waals surface area contributed by atoms with Gasteiger partial charge in [-0.1, -0.05) is 39.8 Å². The summed E-state index contributed by atoms with van der Waals surface area (Å²) >= 11 is 0. The Labute approximate surface area is 117 Å². The van der Waals surface area contributed by atoms with Gasteiger partial charge in [0.1, 0.15) is 5.82 Å². The maximum atomic E-state index is 13.8. The van der Waals surface area contributed by atoms with Crippen LogP contribution in [0.25, 0.3) is 0 Å². The molecule has 0 bridgehead atoms. The zero-order valence-electron chi connectivity index (χ0n) is 12.8. The third kappa shape index (κ3) is 4.83. The van der Waals surface area contributed by atoms with Crippen LogP contribution in [0.15, 0.2) is 24.3 Å². The molecule has 19 heavy (non-hydrogen) atoms. The van der Waals surface area contributed by atoms with Crippen molar-refractivity contribution in [1.82, 2.24) is 5.32 Å². The summed E-state index contributed by atoms with van der Waals surface area (Å²) in [6, 6.07) is 7.43. The number of nitrogens with one attached hydrogen (secondary N) is 1. The predicted octanol–water partition coefficient (Wildman–Crippen LogP) is 3.68. The van der Waals surface area contributed by atoms with Crippen molar-refractivity contribution in [3.05, 3.63) is 30.1 Å². The first-order valence-corrected chi connectivity index (χ1v) is 7.07. The van der Waals surface area contributed by atoms with Crippen LogP contribution in [0.2, 0.25) is 0 Å². The van der Waals surface area contributed by atoms with Gasteiger partial charge in [-0.3, -0.25) is 0 Å². The molecule has 108 valence electrons. The number of nitrogens with zero attached hydrogens (tertiary/aromatic N) is 1. The molecule has 0 spiro atoms. The standard InChI is InChI=1S/C16H27FN2/c1-6-16(4,11-18-13(2)3)12-19(5)15-10-8-7-9-14(15)17/h7-10,13,18H,6,11-12H2,1-5H3. The van der Waals surface area contributed by atoms with Crippen molar-refractivity contribution in [2.75, 3.05) is 25.0 Å². The molecule has 0 saturated carbocycles. The maximum Gasteiger partial charge on any atom is 0.146 e. The van der Waals surface area contributed by atoms with E-state index < -0.39 is 0 Å². The van der Waals surface area contributed by atoms with E-state index in [2.05, 4.69) is 33.0 Å². The summed E-state index contributed by atoms with van der Waals surface area (Å²) in [7, 11) is 1.96. The average molecular weight is 266 g/mol. The van der Waals surface area contributed by atoms with E-state index in [1.165, 1.54) is 6.07 Å². The second kappa shape index (κ2) is 6.90. The molecule has 1 atom stereocenters. The van der Waals surface area contributed by atoms with Crippen LogP contribution < -0.4 is 10.2 Å². The van der Waals surface area contributed by atoms with Gasteiger partial charge >= 0.3 is 0 Å². The fourth-order valence-corrected chi connectivity index (χ4v) is 2.16. The van der Waals surface area contributed by atoms with Crippen LogP contribution in [0.5, 0.6) is 0 Å². The Balaban J connectivity index is 2.72. The summed E-state index contributed by atoms with van der Waals surface area (Å²) in [6.45, 7) is 10.5. The van der Waals surface area contributed by atoms with Crippen LogP contribution in [0.4, 0.5) is 10.1 Å². The van der Waals surface area contributed by atoms with Crippen LogP contribution in [-0.4, -0.2) is 26.2 Å². The van der Waals surface area contributed by atoms with Crippen LogP contribution in [0.1, 0.15) is 34.1 Å². The molecule has 0 heterocycles. The van der Waals surface area contributed by atoms with E-state index in [9.17, 15) is 4.39 Å². The molecule has 1 N–H and O–H groups in total. The number of benzene rings is 1. The molecule has 1 unspecified atom stereocenters. The van der Waals surface area contributed by atoms with Gasteiger partial charge in [0.25, 0.3) is 0 Å². The third-order valence-corrected chi connectivity index (χ3v) is 3.67. The number of rotatable bonds is 7. The second-order valence-electron chi connectivity index (χ2n) is 6.01. The first-order chi connectivity index (χ1) is 8.88. The van der Waals surface area contributed by atoms with E-state index in [-0.39, 0.29) is 11.2 Å². The SMILES string of the molecule is CCC(C)(CNC(C)C)CN(C)c1ccccc1F. The van der Waals surface area contributed by atoms with E-state index in [4.69, 9.17) is 0 Å². The van der Waals surface area contributed by atoms with Crippen molar-refractivity contribution < 1.29 is 4.39 Å². The zero-order valence-corrected chi connectivity index (χ0v) is 12.8. The minimum absolute atomic E-state index is 0.140. The van der Waals surface area contributed by atoms with E-state index in [1.54, 1.807) is 6.07 Å². The second-order valence-corrected chi connectivity index (χ2v) is 6.01. The molecule has 1 aromatic carbocycles. The van der Waals surface area contributed by atoms with E-state index >= 15 is 0 Å². The minimum Gasteiger partial charge on any atom is -0.372 e. The van der Waals surface area contributed by atoms with Crippen molar-refractivity contribution in [2.45, 2.75) is 40.2 Å². The highest BCUT2D eigenvalue weighted by atomic mass is 19.1. The molecule has 0 aliphatic carbocycles. The Morgan fingerprint density at radius 2 is 1.95 bits per heavy atom. The molecule has 0 aliphatic heterocycles. The number of halogens is 1. The van der Waals surface area contributed by atoms with Gasteiger partial charge < -0.3 is 10.2 Å². The predicted molar refractivity (Wildman–Crippen MR) is 81.2 cm³/mol. The van der Waals surface area contributed by atoms with Crippen molar-refractivity contribution in [3.63, 3.8) is 0 Å². The summed E-state index contributed by atoms with van der Waals surface area (Å²) in [5.41, 5.74) is 0.813. The maximum absolute atomic E-state index is 13.8. The lowest BCUT2D eigenvalue weighted by molar-refractivity contribution is 0.289. The first-order valence-electron chi connectivity index (χ1n) is 7.07. The minimum atomic E-state index is -0.153. The van der Waals surface area contributed by atoms with Gasteiger partial charge in [0, 0.05) is 26.2 Å². The van der Waals surface area contributed by atoms with Gasteiger partial charge in [0.2, 0.25) is 0 Å². The first kappa shape index (κ1) is 16.0. The largest absolute Gasteiger partial charge is 0.372 e. The number of para-hydroxylation sites is 1. The zero-order chi connectivity index (χ0) is 14.5. The van der Waals surface area contributed by atoms with Gasteiger partial charge in [0.15, 0.2) is 0 Å². The van der Waals surface area contributed by atoms with Gasteiger partial charge in [0.05, 0.1) is 5.69 Å². The molecule has 1 aromatic rings. The summed E-state index contributed by atoms with van der Waals surface area (Å²) in [5.74, 6) is -0.153. The lowest BCUT2D eigenvalue weighted by Crippen LogP contribution is -2.42. The van der Waals surface area contributed by atoms with Crippen LogP contribution in [0, 0.1) is 11.2 Å². The van der Waals surface area contributed by atoms with Gasteiger partial charge in [-0.15, -0.1) is 0 Å². The molecule has 0 aliphatic rings. The van der Waals surface area contributed by atoms with Gasteiger partial charge in [-0.05, 0) is 24.0 Å². The Bertz CT molecular complexity index is 392. The summed E-state index contributed by atoms with van der Waals surface area (Å²) in [6.07, 6.45) is 1.06. The van der Waals surface area contributed by atoms with E-state index in [0.717, 1.165) is 19.5 Å². The Kier molecular flexibility index (Phi) is 5.80. The molecule has 3 heteroatoms. The Morgan fingerprint density at radius 1 is 1.32 bits per heavy atom.